The molecule has 2 rings (SSSR count). The van der Waals surface area contributed by atoms with Crippen LogP contribution in [0.25, 0.3) is 0 Å². The van der Waals surface area contributed by atoms with Gasteiger partial charge in [-0.1, -0.05) is 0 Å². The van der Waals surface area contributed by atoms with Gasteiger partial charge in [-0.05, 0) is 50.3 Å². The van der Waals surface area contributed by atoms with Gasteiger partial charge in [0.05, 0.1) is 15.0 Å². The van der Waals surface area contributed by atoms with E-state index < -0.39 is 0 Å². The summed E-state index contributed by atoms with van der Waals surface area (Å²) in [6.45, 7) is 10.2. The zero-order valence-corrected chi connectivity index (χ0v) is 16.6. The number of carbonyl (C=O) groups is 1. The number of carbonyl (C=O) groups excluding carboxylic acids is 1. The molecule has 0 fully saturated rings. The molecule has 0 N–H and O–H groups in total. The molecule has 23 heavy (non-hydrogen) atoms. The average molecular weight is 429 g/mol. The normalized spacial score (nSPS) is 11.0. The van der Waals surface area contributed by atoms with Crippen molar-refractivity contribution in [2.24, 2.45) is 0 Å². The van der Waals surface area contributed by atoms with Gasteiger partial charge in [0.15, 0.2) is 0 Å². The van der Waals surface area contributed by atoms with Crippen molar-refractivity contribution < 1.29 is 4.79 Å². The minimum Gasteiger partial charge on any atom is -0.341 e. The molecule has 0 unspecified atom stereocenters. The molecular weight excluding hydrogens is 405 g/mol. The van der Waals surface area contributed by atoms with E-state index in [2.05, 4.69) is 46.6 Å². The van der Waals surface area contributed by atoms with E-state index in [4.69, 9.17) is 0 Å². The fourth-order valence-electron chi connectivity index (χ4n) is 2.61. The van der Waals surface area contributed by atoms with Crippen molar-refractivity contribution >= 4 is 28.5 Å². The molecule has 1 amide bonds. The van der Waals surface area contributed by atoms with Crippen molar-refractivity contribution in [3.05, 3.63) is 32.4 Å². The molecular formula is C16H24IN5O. The molecule has 0 bridgehead atoms. The first-order chi connectivity index (χ1) is 10.8. The third kappa shape index (κ3) is 4.13. The molecule has 0 saturated carbocycles. The standard InChI is InChI=1S/C16H24IN5O/c1-6-22-13(4)14(11(2)19-22)9-20(5)16(23)7-8-21-10-15(17)12(3)18-21/h10H,6-9H2,1-5H3. The monoisotopic (exact) mass is 429 g/mol. The Morgan fingerprint density at radius 1 is 1.26 bits per heavy atom. The van der Waals surface area contributed by atoms with E-state index in [-0.39, 0.29) is 5.91 Å². The molecule has 126 valence electrons. The Balaban J connectivity index is 1.96. The zero-order valence-electron chi connectivity index (χ0n) is 14.4. The number of amides is 1. The SMILES string of the molecule is CCn1nc(C)c(CN(C)C(=O)CCn2cc(I)c(C)n2)c1C. The first kappa shape index (κ1) is 18.0. The van der Waals surface area contributed by atoms with Crippen LogP contribution in [-0.2, 0) is 24.4 Å². The highest BCUT2D eigenvalue weighted by molar-refractivity contribution is 14.1. The third-order valence-corrected chi connectivity index (χ3v) is 5.15. The Morgan fingerprint density at radius 3 is 2.48 bits per heavy atom. The number of aromatic nitrogens is 4. The van der Waals surface area contributed by atoms with Crippen LogP contribution in [0.15, 0.2) is 6.20 Å². The Hall–Kier alpha value is -1.38. The number of aryl methyl sites for hydroxylation is 4. The van der Waals surface area contributed by atoms with Crippen molar-refractivity contribution in [1.29, 1.82) is 0 Å². The highest BCUT2D eigenvalue weighted by Gasteiger charge is 2.16. The lowest BCUT2D eigenvalue weighted by Gasteiger charge is -2.17. The Kier molecular flexibility index (Phi) is 5.83. The van der Waals surface area contributed by atoms with E-state index in [0.717, 1.165) is 32.8 Å². The molecule has 0 spiro atoms. The Bertz CT molecular complexity index is 684. The van der Waals surface area contributed by atoms with Gasteiger partial charge in [0.1, 0.15) is 0 Å². The van der Waals surface area contributed by atoms with Gasteiger partial charge in [-0.25, -0.2) is 0 Å². The van der Waals surface area contributed by atoms with Crippen LogP contribution in [0.5, 0.6) is 0 Å². The predicted octanol–water partition coefficient (Wildman–Crippen LogP) is 2.68. The number of rotatable bonds is 6. The second kappa shape index (κ2) is 7.46. The first-order valence-electron chi connectivity index (χ1n) is 7.79. The van der Waals surface area contributed by atoms with Gasteiger partial charge in [-0.15, -0.1) is 0 Å². The quantitative estimate of drug-likeness (QED) is 0.664. The summed E-state index contributed by atoms with van der Waals surface area (Å²) in [4.78, 5) is 14.1. The molecule has 0 aliphatic carbocycles. The second-order valence-corrected chi connectivity index (χ2v) is 6.95. The van der Waals surface area contributed by atoms with Crippen LogP contribution in [-0.4, -0.2) is 37.4 Å². The fourth-order valence-corrected chi connectivity index (χ4v) is 3.03. The summed E-state index contributed by atoms with van der Waals surface area (Å²) in [6, 6.07) is 0. The molecule has 0 atom stereocenters. The molecule has 0 aliphatic heterocycles. The first-order valence-corrected chi connectivity index (χ1v) is 8.87. The molecule has 0 saturated heterocycles. The molecule has 0 radical (unpaired) electrons. The third-order valence-electron chi connectivity index (χ3n) is 4.09. The maximum Gasteiger partial charge on any atom is 0.224 e. The van der Waals surface area contributed by atoms with Crippen LogP contribution in [0.4, 0.5) is 0 Å². The van der Waals surface area contributed by atoms with E-state index in [1.54, 1.807) is 4.90 Å². The highest BCUT2D eigenvalue weighted by atomic mass is 127. The van der Waals surface area contributed by atoms with E-state index in [0.29, 0.717) is 19.5 Å². The van der Waals surface area contributed by atoms with E-state index >= 15 is 0 Å². The van der Waals surface area contributed by atoms with Gasteiger partial charge in [-0.3, -0.25) is 14.2 Å². The van der Waals surface area contributed by atoms with Gasteiger partial charge in [0, 0.05) is 50.6 Å². The van der Waals surface area contributed by atoms with Crippen molar-refractivity contribution in [2.45, 2.75) is 53.8 Å². The van der Waals surface area contributed by atoms with Crippen molar-refractivity contribution in [3.8, 4) is 0 Å². The molecule has 2 aromatic rings. The van der Waals surface area contributed by atoms with Crippen LogP contribution in [0.1, 0.15) is 36.0 Å². The zero-order chi connectivity index (χ0) is 17.1. The van der Waals surface area contributed by atoms with Gasteiger partial charge < -0.3 is 4.90 Å². The van der Waals surface area contributed by atoms with E-state index in [1.165, 1.54) is 0 Å². The summed E-state index contributed by atoms with van der Waals surface area (Å²) in [5.41, 5.74) is 4.29. The van der Waals surface area contributed by atoms with Crippen LogP contribution in [0, 0.1) is 24.3 Å². The maximum atomic E-state index is 12.4. The highest BCUT2D eigenvalue weighted by Crippen LogP contribution is 2.16. The van der Waals surface area contributed by atoms with Crippen LogP contribution < -0.4 is 0 Å². The summed E-state index contributed by atoms with van der Waals surface area (Å²) >= 11 is 2.26. The van der Waals surface area contributed by atoms with Crippen molar-refractivity contribution in [2.75, 3.05) is 7.05 Å². The van der Waals surface area contributed by atoms with Crippen molar-refractivity contribution in [1.82, 2.24) is 24.5 Å². The Labute approximate surface area is 151 Å². The smallest absolute Gasteiger partial charge is 0.224 e. The predicted molar refractivity (Wildman–Crippen MR) is 98.1 cm³/mol. The van der Waals surface area contributed by atoms with Gasteiger partial charge in [0.25, 0.3) is 0 Å². The minimum atomic E-state index is 0.121. The van der Waals surface area contributed by atoms with E-state index in [9.17, 15) is 4.79 Å². The van der Waals surface area contributed by atoms with Crippen LogP contribution in [0.3, 0.4) is 0 Å². The maximum absolute atomic E-state index is 12.4. The lowest BCUT2D eigenvalue weighted by atomic mass is 10.2. The van der Waals surface area contributed by atoms with Crippen LogP contribution in [0.2, 0.25) is 0 Å². The number of hydrogen-bond acceptors (Lipinski definition) is 3. The van der Waals surface area contributed by atoms with Gasteiger partial charge in [-0.2, -0.15) is 10.2 Å². The van der Waals surface area contributed by atoms with Gasteiger partial charge in [0.2, 0.25) is 5.91 Å². The fraction of sp³-hybridized carbons (Fsp3) is 0.562. The molecule has 0 aliphatic rings. The summed E-state index contributed by atoms with van der Waals surface area (Å²) < 4.78 is 4.95. The van der Waals surface area contributed by atoms with Crippen molar-refractivity contribution in [3.63, 3.8) is 0 Å². The topological polar surface area (TPSA) is 56.0 Å². The summed E-state index contributed by atoms with van der Waals surface area (Å²) in [7, 11) is 1.85. The number of hydrogen-bond donors (Lipinski definition) is 0. The minimum absolute atomic E-state index is 0.121. The summed E-state index contributed by atoms with van der Waals surface area (Å²) in [5, 5.41) is 8.90. The molecule has 2 heterocycles. The number of nitrogens with zero attached hydrogens (tertiary/aromatic N) is 5. The Morgan fingerprint density at radius 2 is 1.96 bits per heavy atom. The summed E-state index contributed by atoms with van der Waals surface area (Å²) in [5.74, 6) is 0.121. The van der Waals surface area contributed by atoms with Gasteiger partial charge >= 0.3 is 0 Å². The lowest BCUT2D eigenvalue weighted by Crippen LogP contribution is -2.27. The van der Waals surface area contributed by atoms with Crippen LogP contribution >= 0.6 is 22.6 Å². The van der Waals surface area contributed by atoms with E-state index in [1.807, 2.05) is 36.5 Å². The number of halogens is 1. The second-order valence-electron chi connectivity index (χ2n) is 5.79. The molecule has 6 nitrogen and oxygen atoms in total. The molecule has 0 aromatic carbocycles. The average Bonchev–Trinajstić information content (AvgIpc) is 2.97. The summed E-state index contributed by atoms with van der Waals surface area (Å²) in [6.07, 6.45) is 2.43. The lowest BCUT2D eigenvalue weighted by molar-refractivity contribution is -0.130. The largest absolute Gasteiger partial charge is 0.341 e. The molecule has 2 aromatic heterocycles. The molecule has 7 heteroatoms.